The van der Waals surface area contributed by atoms with Crippen molar-refractivity contribution in [2.24, 2.45) is 0 Å². The van der Waals surface area contributed by atoms with E-state index in [-0.39, 0.29) is 11.5 Å². The van der Waals surface area contributed by atoms with Gasteiger partial charge in [-0.15, -0.1) is 0 Å². The minimum atomic E-state index is -0.890. The van der Waals surface area contributed by atoms with Gasteiger partial charge in [0, 0.05) is 22.9 Å². The second-order valence-corrected chi connectivity index (χ2v) is 5.90. The molecule has 0 radical (unpaired) electrons. The van der Waals surface area contributed by atoms with Crippen molar-refractivity contribution in [2.75, 3.05) is 22.1 Å². The molecule has 8 heteroatoms. The standard InChI is InChI=1S/2C9H11NO2S/c2*11-9(12)8(6-13)10-7-4-2-1-3-5-7/h2*1-5,8,10,13H,6H2,(H,11,12). The summed E-state index contributed by atoms with van der Waals surface area (Å²) in [6.07, 6.45) is 0. The summed E-state index contributed by atoms with van der Waals surface area (Å²) < 4.78 is 0. The highest BCUT2D eigenvalue weighted by atomic mass is 32.1. The molecule has 0 aliphatic rings. The van der Waals surface area contributed by atoms with Gasteiger partial charge in [-0.1, -0.05) is 36.4 Å². The number of hydrogen-bond donors (Lipinski definition) is 6. The first-order valence-corrected chi connectivity index (χ1v) is 9.05. The summed E-state index contributed by atoms with van der Waals surface area (Å²) in [4.78, 5) is 21.2. The minimum absolute atomic E-state index is 0.268. The maximum absolute atomic E-state index is 10.6. The number of benzene rings is 2. The van der Waals surface area contributed by atoms with Crippen LogP contribution in [-0.2, 0) is 9.59 Å². The number of anilines is 2. The average Bonchev–Trinajstić information content (AvgIpc) is 2.66. The zero-order chi connectivity index (χ0) is 19.4. The molecule has 0 aliphatic heterocycles. The Morgan fingerprint density at radius 1 is 0.731 bits per heavy atom. The monoisotopic (exact) mass is 394 g/mol. The lowest BCUT2D eigenvalue weighted by Gasteiger charge is -2.12. The van der Waals surface area contributed by atoms with Crippen LogP contribution >= 0.6 is 25.3 Å². The van der Waals surface area contributed by atoms with Gasteiger partial charge in [-0.05, 0) is 24.3 Å². The summed E-state index contributed by atoms with van der Waals surface area (Å²) in [5.41, 5.74) is 1.59. The summed E-state index contributed by atoms with van der Waals surface area (Å²) >= 11 is 7.88. The van der Waals surface area contributed by atoms with Crippen LogP contribution in [0.25, 0.3) is 0 Å². The van der Waals surface area contributed by atoms with Gasteiger partial charge in [-0.25, -0.2) is 9.59 Å². The third-order valence-corrected chi connectivity index (χ3v) is 3.92. The maximum atomic E-state index is 10.6. The van der Waals surface area contributed by atoms with Crippen molar-refractivity contribution >= 4 is 48.6 Å². The summed E-state index contributed by atoms with van der Waals surface area (Å²) in [5, 5.41) is 23.2. The van der Waals surface area contributed by atoms with E-state index in [0.717, 1.165) is 11.4 Å². The SMILES string of the molecule is O=C(O)C(CS)Nc1ccccc1.O=C(O)C(CS)Nc1ccccc1. The van der Waals surface area contributed by atoms with Crippen LogP contribution in [0.5, 0.6) is 0 Å². The number of carboxylic acids is 2. The lowest BCUT2D eigenvalue weighted by atomic mass is 10.2. The van der Waals surface area contributed by atoms with E-state index in [4.69, 9.17) is 10.2 Å². The molecule has 2 unspecified atom stereocenters. The summed E-state index contributed by atoms with van der Waals surface area (Å²) in [7, 11) is 0. The van der Waals surface area contributed by atoms with Crippen molar-refractivity contribution in [3.63, 3.8) is 0 Å². The highest BCUT2D eigenvalue weighted by Gasteiger charge is 2.14. The molecule has 6 nitrogen and oxygen atoms in total. The lowest BCUT2D eigenvalue weighted by Crippen LogP contribution is -2.30. The number of thiol groups is 2. The molecule has 0 bridgehead atoms. The number of aliphatic carboxylic acids is 2. The molecule has 0 heterocycles. The predicted octanol–water partition coefficient (Wildman–Crippen LogP) is 2.96. The molecular formula is C18H22N2O4S2. The van der Waals surface area contributed by atoms with E-state index in [2.05, 4.69) is 35.9 Å². The summed E-state index contributed by atoms with van der Waals surface area (Å²) in [6.45, 7) is 0. The van der Waals surface area contributed by atoms with Crippen molar-refractivity contribution in [3.05, 3.63) is 60.7 Å². The van der Waals surface area contributed by atoms with Gasteiger partial charge in [-0.3, -0.25) is 0 Å². The van der Waals surface area contributed by atoms with Crippen LogP contribution in [0.1, 0.15) is 0 Å². The van der Waals surface area contributed by atoms with E-state index in [1.54, 1.807) is 0 Å². The van der Waals surface area contributed by atoms with Crippen molar-refractivity contribution in [3.8, 4) is 0 Å². The van der Waals surface area contributed by atoms with Crippen LogP contribution in [-0.4, -0.2) is 45.7 Å². The van der Waals surface area contributed by atoms with E-state index in [1.807, 2.05) is 60.7 Å². The van der Waals surface area contributed by atoms with E-state index in [0.29, 0.717) is 0 Å². The highest BCUT2D eigenvalue weighted by molar-refractivity contribution is 7.80. The molecule has 26 heavy (non-hydrogen) atoms. The van der Waals surface area contributed by atoms with E-state index in [1.165, 1.54) is 0 Å². The molecule has 2 aromatic rings. The van der Waals surface area contributed by atoms with Gasteiger partial charge in [0.1, 0.15) is 12.1 Å². The average molecular weight is 395 g/mol. The minimum Gasteiger partial charge on any atom is -0.480 e. The molecule has 2 atom stereocenters. The number of carboxylic acid groups (broad SMARTS) is 2. The molecule has 0 amide bonds. The predicted molar refractivity (Wildman–Crippen MR) is 111 cm³/mol. The molecular weight excluding hydrogens is 372 g/mol. The second-order valence-electron chi connectivity index (χ2n) is 5.17. The second kappa shape index (κ2) is 12.1. The highest BCUT2D eigenvalue weighted by Crippen LogP contribution is 2.08. The maximum Gasteiger partial charge on any atom is 0.326 e. The Bertz CT molecular complexity index is 612. The van der Waals surface area contributed by atoms with E-state index in [9.17, 15) is 9.59 Å². The summed E-state index contributed by atoms with van der Waals surface area (Å²) in [6, 6.07) is 17.1. The molecule has 0 fully saturated rings. The van der Waals surface area contributed by atoms with Crippen LogP contribution in [0.15, 0.2) is 60.7 Å². The smallest absolute Gasteiger partial charge is 0.326 e. The lowest BCUT2D eigenvalue weighted by molar-refractivity contribution is -0.138. The fraction of sp³-hybridized carbons (Fsp3) is 0.222. The van der Waals surface area contributed by atoms with Crippen LogP contribution in [0.3, 0.4) is 0 Å². The topological polar surface area (TPSA) is 98.7 Å². The Kier molecular flexibility index (Phi) is 10.1. The summed E-state index contributed by atoms with van der Waals surface area (Å²) in [5.74, 6) is -1.24. The van der Waals surface area contributed by atoms with Crippen molar-refractivity contribution in [2.45, 2.75) is 12.1 Å². The van der Waals surface area contributed by atoms with Crippen LogP contribution in [0.4, 0.5) is 11.4 Å². The molecule has 0 saturated heterocycles. The third kappa shape index (κ3) is 8.17. The molecule has 0 aliphatic carbocycles. The Hall–Kier alpha value is -2.32. The van der Waals surface area contributed by atoms with Gasteiger partial charge in [0.25, 0.3) is 0 Å². The van der Waals surface area contributed by atoms with Gasteiger partial charge in [0.2, 0.25) is 0 Å². The zero-order valence-electron chi connectivity index (χ0n) is 13.9. The van der Waals surface area contributed by atoms with Crippen molar-refractivity contribution < 1.29 is 19.8 Å². The van der Waals surface area contributed by atoms with Gasteiger partial charge in [0.15, 0.2) is 0 Å². The number of nitrogens with one attached hydrogen (secondary N) is 2. The fourth-order valence-electron chi connectivity index (χ4n) is 1.84. The molecule has 0 aromatic heterocycles. The van der Waals surface area contributed by atoms with Gasteiger partial charge in [-0.2, -0.15) is 25.3 Å². The molecule has 0 spiro atoms. The molecule has 140 valence electrons. The van der Waals surface area contributed by atoms with E-state index >= 15 is 0 Å². The number of hydrogen-bond acceptors (Lipinski definition) is 6. The van der Waals surface area contributed by atoms with Crippen molar-refractivity contribution in [1.29, 1.82) is 0 Å². The van der Waals surface area contributed by atoms with Crippen LogP contribution in [0.2, 0.25) is 0 Å². The molecule has 0 saturated carbocycles. The quantitative estimate of drug-likeness (QED) is 0.385. The normalized spacial score (nSPS) is 12.1. The first kappa shape index (κ1) is 21.7. The Balaban J connectivity index is 0.000000260. The molecule has 4 N–H and O–H groups in total. The molecule has 2 aromatic carbocycles. The van der Waals surface area contributed by atoms with Crippen LogP contribution < -0.4 is 10.6 Å². The third-order valence-electron chi connectivity index (χ3n) is 3.19. The Morgan fingerprint density at radius 3 is 1.27 bits per heavy atom. The van der Waals surface area contributed by atoms with Gasteiger partial charge in [0.05, 0.1) is 0 Å². The van der Waals surface area contributed by atoms with Gasteiger partial charge < -0.3 is 20.8 Å². The number of para-hydroxylation sites is 2. The first-order valence-electron chi connectivity index (χ1n) is 7.78. The zero-order valence-corrected chi connectivity index (χ0v) is 15.7. The van der Waals surface area contributed by atoms with Gasteiger partial charge >= 0.3 is 11.9 Å². The number of carbonyl (C=O) groups is 2. The van der Waals surface area contributed by atoms with Crippen LogP contribution in [0, 0.1) is 0 Å². The van der Waals surface area contributed by atoms with E-state index < -0.39 is 24.0 Å². The number of rotatable bonds is 8. The first-order chi connectivity index (χ1) is 12.5. The fourth-order valence-corrected chi connectivity index (χ4v) is 2.34. The Labute approximate surface area is 163 Å². The van der Waals surface area contributed by atoms with Crippen molar-refractivity contribution in [1.82, 2.24) is 0 Å². The Morgan fingerprint density at radius 2 is 1.04 bits per heavy atom. The molecule has 2 rings (SSSR count). The largest absolute Gasteiger partial charge is 0.480 e.